The lowest BCUT2D eigenvalue weighted by Crippen LogP contribution is -2.27. The second kappa shape index (κ2) is 9.47. The van der Waals surface area contributed by atoms with Crippen LogP contribution in [0.1, 0.15) is 48.2 Å². The average molecular weight is 368 g/mol. The van der Waals surface area contributed by atoms with Gasteiger partial charge in [0.1, 0.15) is 11.4 Å². The summed E-state index contributed by atoms with van der Waals surface area (Å²) in [5, 5.41) is 8.17. The Morgan fingerprint density at radius 1 is 0.889 bits per heavy atom. The summed E-state index contributed by atoms with van der Waals surface area (Å²) in [4.78, 5) is 39.7. The highest BCUT2D eigenvalue weighted by atomic mass is 16.2. The van der Waals surface area contributed by atoms with Crippen LogP contribution in [-0.2, 0) is 4.79 Å². The van der Waals surface area contributed by atoms with Crippen molar-refractivity contribution in [3.63, 3.8) is 0 Å². The number of aromatic nitrogens is 1. The van der Waals surface area contributed by atoms with E-state index in [2.05, 4.69) is 34.8 Å². The molecule has 0 aliphatic carbocycles. The van der Waals surface area contributed by atoms with Crippen LogP contribution in [0.4, 0.5) is 11.4 Å². The maximum Gasteiger partial charge on any atom is 0.274 e. The molecule has 0 saturated carbocycles. The molecule has 0 spiro atoms. The molecule has 7 nitrogen and oxygen atoms in total. The second-order valence-electron chi connectivity index (χ2n) is 6.56. The van der Waals surface area contributed by atoms with Crippen LogP contribution in [0.2, 0.25) is 0 Å². The van der Waals surface area contributed by atoms with Crippen LogP contribution in [0, 0.1) is 5.92 Å². The Morgan fingerprint density at radius 2 is 1.44 bits per heavy atom. The van der Waals surface area contributed by atoms with E-state index in [9.17, 15) is 14.4 Å². The summed E-state index contributed by atoms with van der Waals surface area (Å²) in [5.41, 5.74) is 1.55. The lowest BCUT2D eigenvalue weighted by atomic mass is 10.1. The molecule has 1 aromatic carbocycles. The van der Waals surface area contributed by atoms with Gasteiger partial charge in [0.2, 0.25) is 5.91 Å². The third-order valence-electron chi connectivity index (χ3n) is 3.68. The Kier molecular flexibility index (Phi) is 7.05. The molecule has 0 radical (unpaired) electrons. The Hall–Kier alpha value is -3.22. The molecule has 1 heterocycles. The molecular weight excluding hydrogens is 344 g/mol. The first-order chi connectivity index (χ1) is 12.8. The normalized spacial score (nSPS) is 10.4. The zero-order valence-electron chi connectivity index (χ0n) is 15.7. The summed E-state index contributed by atoms with van der Waals surface area (Å²) < 4.78 is 0. The highest BCUT2D eigenvalue weighted by Gasteiger charge is 2.12. The Labute approximate surface area is 158 Å². The number of benzene rings is 1. The number of nitrogens with one attached hydrogen (secondary N) is 3. The lowest BCUT2D eigenvalue weighted by molar-refractivity contribution is -0.114. The number of hydrogen-bond acceptors (Lipinski definition) is 4. The van der Waals surface area contributed by atoms with Crippen molar-refractivity contribution >= 4 is 29.1 Å². The monoisotopic (exact) mass is 368 g/mol. The fraction of sp³-hybridized carbons (Fsp3) is 0.300. The van der Waals surface area contributed by atoms with Crippen LogP contribution >= 0.6 is 0 Å². The summed E-state index contributed by atoms with van der Waals surface area (Å²) in [7, 11) is 0. The van der Waals surface area contributed by atoms with Gasteiger partial charge in [-0.2, -0.15) is 0 Å². The van der Waals surface area contributed by atoms with E-state index in [-0.39, 0.29) is 23.2 Å². The van der Waals surface area contributed by atoms with Crippen LogP contribution in [-0.4, -0.2) is 29.3 Å². The van der Waals surface area contributed by atoms with Crippen LogP contribution in [0.3, 0.4) is 0 Å². The largest absolute Gasteiger partial charge is 0.351 e. The van der Waals surface area contributed by atoms with E-state index in [1.54, 1.807) is 42.5 Å². The molecule has 3 amide bonds. The van der Waals surface area contributed by atoms with Gasteiger partial charge in [-0.3, -0.25) is 14.4 Å². The maximum absolute atomic E-state index is 12.4. The van der Waals surface area contributed by atoms with E-state index in [1.165, 1.54) is 6.92 Å². The molecule has 0 aliphatic rings. The van der Waals surface area contributed by atoms with E-state index < -0.39 is 5.91 Å². The Morgan fingerprint density at radius 3 is 2.00 bits per heavy atom. The van der Waals surface area contributed by atoms with E-state index in [0.717, 1.165) is 6.42 Å². The predicted octanol–water partition coefficient (Wildman–Crippen LogP) is 3.07. The van der Waals surface area contributed by atoms with Crippen molar-refractivity contribution in [2.45, 2.75) is 27.2 Å². The van der Waals surface area contributed by atoms with Crippen molar-refractivity contribution in [1.82, 2.24) is 10.3 Å². The van der Waals surface area contributed by atoms with Gasteiger partial charge in [-0.05, 0) is 48.7 Å². The van der Waals surface area contributed by atoms with Crippen LogP contribution in [0.5, 0.6) is 0 Å². The zero-order chi connectivity index (χ0) is 19.8. The molecule has 0 unspecified atom stereocenters. The molecule has 7 heteroatoms. The lowest BCUT2D eigenvalue weighted by Gasteiger charge is -2.09. The number of nitrogens with zero attached hydrogens (tertiary/aromatic N) is 1. The van der Waals surface area contributed by atoms with Gasteiger partial charge in [-0.25, -0.2) is 4.98 Å². The molecule has 2 aromatic rings. The molecular formula is C20H24N4O3. The van der Waals surface area contributed by atoms with E-state index in [1.807, 2.05) is 0 Å². The topological polar surface area (TPSA) is 100 Å². The second-order valence-corrected chi connectivity index (χ2v) is 6.56. The summed E-state index contributed by atoms with van der Waals surface area (Å²) in [6.45, 7) is 6.15. The Bertz CT molecular complexity index is 816. The molecule has 27 heavy (non-hydrogen) atoms. The van der Waals surface area contributed by atoms with E-state index in [0.29, 0.717) is 23.8 Å². The summed E-state index contributed by atoms with van der Waals surface area (Å²) >= 11 is 0. The smallest absolute Gasteiger partial charge is 0.274 e. The first kappa shape index (κ1) is 20.1. The molecule has 0 fully saturated rings. The third kappa shape index (κ3) is 6.54. The van der Waals surface area contributed by atoms with Gasteiger partial charge in [0.25, 0.3) is 11.8 Å². The molecule has 3 N–H and O–H groups in total. The van der Waals surface area contributed by atoms with Crippen molar-refractivity contribution in [1.29, 1.82) is 0 Å². The number of carbonyl (C=O) groups excluding carboxylic acids is 3. The SMILES string of the molecule is CC(=O)Nc1ccc(NC(=O)c2cccc(C(=O)NCCC(C)C)n2)cc1. The molecule has 0 atom stereocenters. The number of amides is 3. The van der Waals surface area contributed by atoms with Crippen molar-refractivity contribution < 1.29 is 14.4 Å². The van der Waals surface area contributed by atoms with Gasteiger partial charge in [0.15, 0.2) is 0 Å². The number of carbonyl (C=O) groups is 3. The van der Waals surface area contributed by atoms with E-state index >= 15 is 0 Å². The van der Waals surface area contributed by atoms with Crippen LogP contribution < -0.4 is 16.0 Å². The van der Waals surface area contributed by atoms with Crippen molar-refractivity contribution in [2.24, 2.45) is 5.92 Å². The predicted molar refractivity (Wildman–Crippen MR) is 105 cm³/mol. The number of anilines is 2. The van der Waals surface area contributed by atoms with Crippen molar-refractivity contribution in [3.8, 4) is 0 Å². The summed E-state index contributed by atoms with van der Waals surface area (Å²) in [5.74, 6) is -0.393. The number of pyridine rings is 1. The van der Waals surface area contributed by atoms with Gasteiger partial charge in [-0.15, -0.1) is 0 Å². The minimum Gasteiger partial charge on any atom is -0.351 e. The highest BCUT2D eigenvalue weighted by Crippen LogP contribution is 2.14. The molecule has 142 valence electrons. The average Bonchev–Trinajstić information content (AvgIpc) is 2.62. The van der Waals surface area contributed by atoms with Gasteiger partial charge in [0, 0.05) is 24.8 Å². The summed E-state index contributed by atoms with van der Waals surface area (Å²) in [6, 6.07) is 11.5. The molecule has 0 bridgehead atoms. The first-order valence-corrected chi connectivity index (χ1v) is 8.79. The molecule has 0 aliphatic heterocycles. The summed E-state index contributed by atoms with van der Waals surface area (Å²) in [6.07, 6.45) is 0.875. The van der Waals surface area contributed by atoms with Crippen LogP contribution in [0.15, 0.2) is 42.5 Å². The van der Waals surface area contributed by atoms with Crippen molar-refractivity contribution in [2.75, 3.05) is 17.2 Å². The molecule has 2 rings (SSSR count). The van der Waals surface area contributed by atoms with E-state index in [4.69, 9.17) is 0 Å². The fourth-order valence-electron chi connectivity index (χ4n) is 2.29. The zero-order valence-corrected chi connectivity index (χ0v) is 15.7. The maximum atomic E-state index is 12.4. The number of hydrogen-bond donors (Lipinski definition) is 3. The van der Waals surface area contributed by atoms with Gasteiger partial charge in [-0.1, -0.05) is 19.9 Å². The Balaban J connectivity index is 2.00. The number of rotatable bonds is 7. The standard InChI is InChI=1S/C20H24N4O3/c1-13(2)11-12-21-19(26)17-5-4-6-18(24-17)20(27)23-16-9-7-15(8-10-16)22-14(3)25/h4-10,13H,11-12H2,1-3H3,(H,21,26)(H,22,25)(H,23,27). The van der Waals surface area contributed by atoms with Crippen molar-refractivity contribution in [3.05, 3.63) is 53.9 Å². The van der Waals surface area contributed by atoms with Gasteiger partial charge < -0.3 is 16.0 Å². The molecule has 1 aromatic heterocycles. The molecule has 0 saturated heterocycles. The fourth-order valence-corrected chi connectivity index (χ4v) is 2.29. The van der Waals surface area contributed by atoms with Gasteiger partial charge >= 0.3 is 0 Å². The minimum atomic E-state index is -0.417. The van der Waals surface area contributed by atoms with Gasteiger partial charge in [0.05, 0.1) is 0 Å². The third-order valence-corrected chi connectivity index (χ3v) is 3.68. The first-order valence-electron chi connectivity index (χ1n) is 8.79. The quantitative estimate of drug-likeness (QED) is 0.699. The van der Waals surface area contributed by atoms with Crippen LogP contribution in [0.25, 0.3) is 0 Å². The highest BCUT2D eigenvalue weighted by molar-refractivity contribution is 6.04. The minimum absolute atomic E-state index is 0.150.